The summed E-state index contributed by atoms with van der Waals surface area (Å²) >= 11 is 0. The monoisotopic (exact) mass is 287 g/mol. The Bertz CT molecular complexity index is 712. The van der Waals surface area contributed by atoms with Crippen molar-refractivity contribution in [1.82, 2.24) is 0 Å². The lowest BCUT2D eigenvalue weighted by Crippen LogP contribution is -2.36. The molecule has 0 bridgehead atoms. The number of halogens is 2. The molecular formula is C17H15F2NO. The molecule has 0 saturated carbocycles. The predicted octanol–water partition coefficient (Wildman–Crippen LogP) is 3.87. The molecule has 1 amide bonds. The van der Waals surface area contributed by atoms with Gasteiger partial charge < -0.3 is 4.90 Å². The average molecular weight is 287 g/mol. The normalized spacial score (nSPS) is 14.0. The minimum atomic E-state index is -1.08. The van der Waals surface area contributed by atoms with Crippen molar-refractivity contribution in [2.24, 2.45) is 0 Å². The first-order chi connectivity index (χ1) is 10.1. The van der Waals surface area contributed by atoms with Gasteiger partial charge >= 0.3 is 0 Å². The van der Waals surface area contributed by atoms with Crippen molar-refractivity contribution >= 4 is 11.6 Å². The third kappa shape index (κ3) is 2.42. The van der Waals surface area contributed by atoms with Gasteiger partial charge in [-0.05, 0) is 43.5 Å². The Morgan fingerprint density at radius 1 is 1.19 bits per heavy atom. The molecule has 1 aliphatic heterocycles. The molecule has 0 aromatic heterocycles. The summed E-state index contributed by atoms with van der Waals surface area (Å²) < 4.78 is 27.1. The van der Waals surface area contributed by atoms with E-state index in [0.29, 0.717) is 6.54 Å². The van der Waals surface area contributed by atoms with Crippen molar-refractivity contribution in [3.8, 4) is 0 Å². The number of fused-ring (bicyclic) bond motifs is 1. The number of rotatable bonds is 1. The van der Waals surface area contributed by atoms with Crippen molar-refractivity contribution in [1.29, 1.82) is 0 Å². The van der Waals surface area contributed by atoms with Gasteiger partial charge in [0.05, 0.1) is 5.56 Å². The number of anilines is 1. The molecule has 0 saturated heterocycles. The lowest BCUT2D eigenvalue weighted by molar-refractivity contribution is 0.0980. The highest BCUT2D eigenvalue weighted by molar-refractivity contribution is 6.07. The van der Waals surface area contributed by atoms with Crippen LogP contribution in [0.1, 0.15) is 27.9 Å². The van der Waals surface area contributed by atoms with Gasteiger partial charge in [-0.1, -0.05) is 23.8 Å². The quantitative estimate of drug-likeness (QED) is 0.779. The number of carbonyl (C=O) groups excluding carboxylic acids is 1. The highest BCUT2D eigenvalue weighted by Gasteiger charge is 2.26. The van der Waals surface area contributed by atoms with Crippen LogP contribution in [0, 0.1) is 18.6 Å². The van der Waals surface area contributed by atoms with Gasteiger partial charge in [0.15, 0.2) is 11.6 Å². The predicted molar refractivity (Wildman–Crippen MR) is 77.5 cm³/mol. The van der Waals surface area contributed by atoms with E-state index in [9.17, 15) is 13.6 Å². The Kier molecular flexibility index (Phi) is 3.45. The van der Waals surface area contributed by atoms with Gasteiger partial charge in [0, 0.05) is 12.2 Å². The standard InChI is InChI=1S/C17H15F2NO/c1-11-7-8-15-12(10-11)4-3-9-20(15)17(21)13-5-2-6-14(18)16(13)19/h2,5-8,10H,3-4,9H2,1H3. The van der Waals surface area contributed by atoms with Crippen LogP contribution in [0.2, 0.25) is 0 Å². The maximum atomic E-state index is 13.8. The Hall–Kier alpha value is -2.23. The fourth-order valence-electron chi connectivity index (χ4n) is 2.75. The Morgan fingerprint density at radius 2 is 2.00 bits per heavy atom. The second-order valence-electron chi connectivity index (χ2n) is 5.29. The molecule has 2 nitrogen and oxygen atoms in total. The molecule has 3 rings (SSSR count). The van der Waals surface area contributed by atoms with Crippen LogP contribution in [0.25, 0.3) is 0 Å². The molecule has 0 fully saturated rings. The van der Waals surface area contributed by atoms with Crippen LogP contribution in [0.3, 0.4) is 0 Å². The largest absolute Gasteiger partial charge is 0.308 e. The third-order valence-electron chi connectivity index (χ3n) is 3.78. The van der Waals surface area contributed by atoms with Gasteiger partial charge in [0.25, 0.3) is 5.91 Å². The Balaban J connectivity index is 2.02. The lowest BCUT2D eigenvalue weighted by Gasteiger charge is -2.30. The average Bonchev–Trinajstić information content (AvgIpc) is 2.48. The summed E-state index contributed by atoms with van der Waals surface area (Å²) in [4.78, 5) is 14.1. The second-order valence-corrected chi connectivity index (χ2v) is 5.29. The number of hydrogen-bond donors (Lipinski definition) is 0. The van der Waals surface area contributed by atoms with Gasteiger partial charge in [-0.25, -0.2) is 8.78 Å². The zero-order chi connectivity index (χ0) is 15.0. The van der Waals surface area contributed by atoms with Crippen LogP contribution in [0.15, 0.2) is 36.4 Å². The molecule has 0 N–H and O–H groups in total. The van der Waals surface area contributed by atoms with Crippen LogP contribution < -0.4 is 4.90 Å². The fourth-order valence-corrected chi connectivity index (χ4v) is 2.75. The molecule has 1 aliphatic rings. The van der Waals surface area contributed by atoms with E-state index in [-0.39, 0.29) is 5.56 Å². The van der Waals surface area contributed by atoms with E-state index >= 15 is 0 Å². The fraction of sp³-hybridized carbons (Fsp3) is 0.235. The topological polar surface area (TPSA) is 20.3 Å². The minimum Gasteiger partial charge on any atom is -0.308 e. The SMILES string of the molecule is Cc1ccc2c(c1)CCCN2C(=O)c1cccc(F)c1F. The summed E-state index contributed by atoms with van der Waals surface area (Å²) in [5.74, 6) is -2.57. The summed E-state index contributed by atoms with van der Waals surface area (Å²) in [6.45, 7) is 2.51. The van der Waals surface area contributed by atoms with E-state index in [1.54, 1.807) is 0 Å². The first kappa shape index (κ1) is 13.7. The minimum absolute atomic E-state index is 0.219. The highest BCUT2D eigenvalue weighted by atomic mass is 19.2. The molecule has 108 valence electrons. The molecule has 1 heterocycles. The van der Waals surface area contributed by atoms with Crippen LogP contribution in [0.5, 0.6) is 0 Å². The maximum absolute atomic E-state index is 13.8. The van der Waals surface area contributed by atoms with E-state index < -0.39 is 17.5 Å². The van der Waals surface area contributed by atoms with Gasteiger partial charge in [0.2, 0.25) is 0 Å². The molecule has 0 spiro atoms. The number of benzene rings is 2. The van der Waals surface area contributed by atoms with Crippen molar-refractivity contribution in [2.45, 2.75) is 19.8 Å². The summed E-state index contributed by atoms with van der Waals surface area (Å²) in [6, 6.07) is 9.52. The molecule has 0 atom stereocenters. The number of aryl methyl sites for hydroxylation is 2. The summed E-state index contributed by atoms with van der Waals surface area (Å²) in [5.41, 5.74) is 2.77. The van der Waals surface area contributed by atoms with Crippen LogP contribution in [-0.4, -0.2) is 12.5 Å². The molecule has 2 aromatic rings. The van der Waals surface area contributed by atoms with E-state index in [0.717, 1.165) is 35.7 Å². The van der Waals surface area contributed by atoms with E-state index in [2.05, 4.69) is 0 Å². The van der Waals surface area contributed by atoms with Gasteiger partial charge in [-0.15, -0.1) is 0 Å². The van der Waals surface area contributed by atoms with Crippen LogP contribution >= 0.6 is 0 Å². The van der Waals surface area contributed by atoms with Crippen molar-refractivity contribution in [3.05, 3.63) is 64.7 Å². The molecular weight excluding hydrogens is 272 g/mol. The zero-order valence-electron chi connectivity index (χ0n) is 11.7. The molecule has 2 aromatic carbocycles. The van der Waals surface area contributed by atoms with Crippen molar-refractivity contribution in [2.75, 3.05) is 11.4 Å². The maximum Gasteiger partial charge on any atom is 0.261 e. The van der Waals surface area contributed by atoms with Crippen LogP contribution in [0.4, 0.5) is 14.5 Å². The van der Waals surface area contributed by atoms with Crippen molar-refractivity contribution < 1.29 is 13.6 Å². The summed E-state index contributed by atoms with van der Waals surface area (Å²) in [7, 11) is 0. The van der Waals surface area contributed by atoms with Crippen molar-refractivity contribution in [3.63, 3.8) is 0 Å². The van der Waals surface area contributed by atoms with Crippen LogP contribution in [-0.2, 0) is 6.42 Å². The Labute approximate surface area is 122 Å². The van der Waals surface area contributed by atoms with Gasteiger partial charge in [-0.3, -0.25) is 4.79 Å². The zero-order valence-corrected chi connectivity index (χ0v) is 11.7. The van der Waals surface area contributed by atoms with E-state index in [1.807, 2.05) is 25.1 Å². The van der Waals surface area contributed by atoms with Gasteiger partial charge in [-0.2, -0.15) is 0 Å². The van der Waals surface area contributed by atoms with E-state index in [1.165, 1.54) is 17.0 Å². The molecule has 4 heteroatoms. The molecule has 0 aliphatic carbocycles. The molecule has 0 radical (unpaired) electrons. The number of carbonyl (C=O) groups is 1. The lowest BCUT2D eigenvalue weighted by atomic mass is 9.98. The molecule has 21 heavy (non-hydrogen) atoms. The summed E-state index contributed by atoms with van der Waals surface area (Å²) in [5, 5.41) is 0. The number of nitrogens with zero attached hydrogens (tertiary/aromatic N) is 1. The second kappa shape index (κ2) is 5.28. The third-order valence-corrected chi connectivity index (χ3v) is 3.78. The molecule has 0 unspecified atom stereocenters. The highest BCUT2D eigenvalue weighted by Crippen LogP contribution is 2.29. The van der Waals surface area contributed by atoms with Gasteiger partial charge in [0.1, 0.15) is 0 Å². The van der Waals surface area contributed by atoms with E-state index in [4.69, 9.17) is 0 Å². The first-order valence-corrected chi connectivity index (χ1v) is 6.93. The Morgan fingerprint density at radius 3 is 2.81 bits per heavy atom. The first-order valence-electron chi connectivity index (χ1n) is 6.93. The number of hydrogen-bond acceptors (Lipinski definition) is 1. The summed E-state index contributed by atoms with van der Waals surface area (Å²) in [6.07, 6.45) is 1.71. The smallest absolute Gasteiger partial charge is 0.261 e. The number of amides is 1.